The van der Waals surface area contributed by atoms with Crippen molar-refractivity contribution >= 4 is 40.0 Å². The van der Waals surface area contributed by atoms with Gasteiger partial charge in [-0.05, 0) is 36.2 Å². The van der Waals surface area contributed by atoms with Gasteiger partial charge in [-0.2, -0.15) is 5.10 Å². The van der Waals surface area contributed by atoms with E-state index in [0.717, 1.165) is 21.3 Å². The van der Waals surface area contributed by atoms with Crippen molar-refractivity contribution < 1.29 is 14.4 Å². The third-order valence-corrected chi connectivity index (χ3v) is 6.01. The molecule has 3 amide bonds. The summed E-state index contributed by atoms with van der Waals surface area (Å²) in [5.74, 6) is -0.554. The summed E-state index contributed by atoms with van der Waals surface area (Å²) in [5, 5.41) is 12.9. The molecule has 0 saturated carbocycles. The van der Waals surface area contributed by atoms with E-state index in [1.165, 1.54) is 11.3 Å². The molecule has 8 nitrogen and oxygen atoms in total. The number of fused-ring (bicyclic) bond motifs is 2. The quantitative estimate of drug-likeness (QED) is 0.617. The number of benzene rings is 1. The second kappa shape index (κ2) is 7.43. The van der Waals surface area contributed by atoms with Crippen molar-refractivity contribution in [2.75, 3.05) is 20.1 Å². The van der Waals surface area contributed by atoms with Crippen molar-refractivity contribution in [3.05, 3.63) is 51.3 Å². The molecule has 0 aliphatic carbocycles. The number of carbonyl (C=O) groups excluding carboxylic acids is 3. The Labute approximate surface area is 164 Å². The van der Waals surface area contributed by atoms with Crippen molar-refractivity contribution in [2.24, 2.45) is 0 Å². The number of nitrogens with zero attached hydrogens (tertiary/aromatic N) is 2. The van der Waals surface area contributed by atoms with Gasteiger partial charge in [0.05, 0.1) is 23.1 Å². The number of nitrogens with one attached hydrogen (secondary N) is 3. The van der Waals surface area contributed by atoms with Crippen LogP contribution in [0.5, 0.6) is 0 Å². The minimum Gasteiger partial charge on any atom is -0.354 e. The summed E-state index contributed by atoms with van der Waals surface area (Å²) >= 11 is 1.47. The highest BCUT2D eigenvalue weighted by Crippen LogP contribution is 2.28. The van der Waals surface area contributed by atoms with Crippen molar-refractivity contribution in [3.63, 3.8) is 0 Å². The molecule has 0 radical (unpaired) electrons. The number of amides is 3. The molecule has 0 bridgehead atoms. The summed E-state index contributed by atoms with van der Waals surface area (Å²) in [7, 11) is 1.60. The van der Waals surface area contributed by atoms with Gasteiger partial charge in [-0.25, -0.2) is 0 Å². The number of H-pyrrole nitrogens is 1. The highest BCUT2D eigenvalue weighted by atomic mass is 32.1. The van der Waals surface area contributed by atoms with Gasteiger partial charge in [-0.3, -0.25) is 19.5 Å². The van der Waals surface area contributed by atoms with Crippen LogP contribution < -0.4 is 10.6 Å². The van der Waals surface area contributed by atoms with Crippen LogP contribution in [0.25, 0.3) is 10.9 Å². The van der Waals surface area contributed by atoms with Crippen molar-refractivity contribution in [3.8, 4) is 0 Å². The first kappa shape index (κ1) is 18.2. The van der Waals surface area contributed by atoms with Gasteiger partial charge in [-0.15, -0.1) is 11.3 Å². The fraction of sp³-hybridized carbons (Fsp3) is 0.263. The molecule has 4 rings (SSSR count). The topological polar surface area (TPSA) is 107 Å². The Morgan fingerprint density at radius 2 is 2.11 bits per heavy atom. The largest absolute Gasteiger partial charge is 0.354 e. The normalized spacial score (nSPS) is 13.2. The SMILES string of the molecule is CNC(=O)c1cc2c(s1)CCN(C(=O)CNC(=O)c1ccc3[nH]ncc3c1)C2. The van der Waals surface area contributed by atoms with Crippen molar-refractivity contribution in [2.45, 2.75) is 13.0 Å². The Morgan fingerprint density at radius 3 is 2.93 bits per heavy atom. The molecule has 1 aromatic carbocycles. The molecule has 0 unspecified atom stereocenters. The predicted molar refractivity (Wildman–Crippen MR) is 105 cm³/mol. The number of aromatic nitrogens is 2. The van der Waals surface area contributed by atoms with E-state index in [2.05, 4.69) is 20.8 Å². The molecule has 1 aliphatic heterocycles. The average molecular weight is 397 g/mol. The van der Waals surface area contributed by atoms with Gasteiger partial charge in [0, 0.05) is 36.0 Å². The summed E-state index contributed by atoms with van der Waals surface area (Å²) < 4.78 is 0. The third kappa shape index (κ3) is 3.48. The molecule has 1 aliphatic rings. The van der Waals surface area contributed by atoms with Gasteiger partial charge >= 0.3 is 0 Å². The Hall–Kier alpha value is -3.20. The predicted octanol–water partition coefficient (Wildman–Crippen LogP) is 1.30. The Bertz CT molecular complexity index is 1070. The molecule has 2 aromatic heterocycles. The summed E-state index contributed by atoms with van der Waals surface area (Å²) in [6.45, 7) is 0.971. The van der Waals surface area contributed by atoms with Crippen LogP contribution in [-0.4, -0.2) is 53.0 Å². The van der Waals surface area contributed by atoms with Crippen LogP contribution in [0.4, 0.5) is 0 Å². The van der Waals surface area contributed by atoms with E-state index in [1.807, 2.05) is 6.07 Å². The lowest BCUT2D eigenvalue weighted by Gasteiger charge is -2.27. The number of aromatic amines is 1. The first-order chi connectivity index (χ1) is 13.5. The molecule has 0 spiro atoms. The fourth-order valence-corrected chi connectivity index (χ4v) is 4.34. The molecular weight excluding hydrogens is 378 g/mol. The van der Waals surface area contributed by atoms with Gasteiger partial charge in [0.25, 0.3) is 11.8 Å². The minimum absolute atomic E-state index is 0.0654. The fourth-order valence-electron chi connectivity index (χ4n) is 3.23. The van der Waals surface area contributed by atoms with Crippen LogP contribution in [0.2, 0.25) is 0 Å². The monoisotopic (exact) mass is 397 g/mol. The van der Waals surface area contributed by atoms with Crippen LogP contribution in [0.3, 0.4) is 0 Å². The van der Waals surface area contributed by atoms with E-state index < -0.39 is 0 Å². The first-order valence-electron chi connectivity index (χ1n) is 8.88. The molecule has 0 fully saturated rings. The standard InChI is InChI=1S/C19H19N5O3S/c1-20-19(27)16-7-13-10-24(5-4-15(13)28-16)17(25)9-21-18(26)11-2-3-14-12(6-11)8-22-23-14/h2-3,6-8H,4-5,9-10H2,1H3,(H,20,27)(H,21,26)(H,22,23). The van der Waals surface area contributed by atoms with E-state index in [-0.39, 0.29) is 24.3 Å². The summed E-state index contributed by atoms with van der Waals surface area (Å²) in [4.78, 5) is 40.2. The first-order valence-corrected chi connectivity index (χ1v) is 9.69. The van der Waals surface area contributed by atoms with Crippen LogP contribution >= 0.6 is 11.3 Å². The van der Waals surface area contributed by atoms with E-state index in [4.69, 9.17) is 0 Å². The lowest BCUT2D eigenvalue weighted by molar-refractivity contribution is -0.131. The van der Waals surface area contributed by atoms with Gasteiger partial charge in [-0.1, -0.05) is 0 Å². The molecule has 144 valence electrons. The molecule has 9 heteroatoms. The van der Waals surface area contributed by atoms with Crippen LogP contribution in [0.15, 0.2) is 30.5 Å². The maximum atomic E-state index is 12.5. The Balaban J connectivity index is 1.36. The maximum absolute atomic E-state index is 12.5. The Morgan fingerprint density at radius 1 is 1.25 bits per heavy atom. The zero-order valence-electron chi connectivity index (χ0n) is 15.2. The summed E-state index contributed by atoms with van der Waals surface area (Å²) in [6, 6.07) is 7.06. The molecular formula is C19H19N5O3S. The lowest BCUT2D eigenvalue weighted by atomic mass is 10.1. The average Bonchev–Trinajstić information content (AvgIpc) is 3.36. The Kier molecular flexibility index (Phi) is 4.82. The zero-order valence-corrected chi connectivity index (χ0v) is 16.1. The van der Waals surface area contributed by atoms with E-state index in [0.29, 0.717) is 30.0 Å². The third-order valence-electron chi connectivity index (χ3n) is 4.77. The number of hydrogen-bond donors (Lipinski definition) is 3. The second-order valence-corrected chi connectivity index (χ2v) is 7.69. The van der Waals surface area contributed by atoms with Gasteiger partial charge in [0.2, 0.25) is 5.91 Å². The molecule has 0 saturated heterocycles. The molecule has 28 heavy (non-hydrogen) atoms. The molecule has 3 aromatic rings. The smallest absolute Gasteiger partial charge is 0.261 e. The highest BCUT2D eigenvalue weighted by Gasteiger charge is 2.24. The van der Waals surface area contributed by atoms with Crippen LogP contribution in [0.1, 0.15) is 30.5 Å². The van der Waals surface area contributed by atoms with Gasteiger partial charge in [0.1, 0.15) is 0 Å². The molecule has 3 N–H and O–H groups in total. The lowest BCUT2D eigenvalue weighted by Crippen LogP contribution is -2.42. The van der Waals surface area contributed by atoms with E-state index in [9.17, 15) is 14.4 Å². The van der Waals surface area contributed by atoms with Crippen molar-refractivity contribution in [1.29, 1.82) is 0 Å². The maximum Gasteiger partial charge on any atom is 0.261 e. The van der Waals surface area contributed by atoms with E-state index >= 15 is 0 Å². The minimum atomic E-state index is -0.299. The van der Waals surface area contributed by atoms with Crippen LogP contribution in [0, 0.1) is 0 Å². The number of rotatable bonds is 4. The molecule has 0 atom stereocenters. The summed E-state index contributed by atoms with van der Waals surface area (Å²) in [5.41, 5.74) is 2.33. The number of carbonyl (C=O) groups is 3. The van der Waals surface area contributed by atoms with E-state index in [1.54, 1.807) is 36.3 Å². The van der Waals surface area contributed by atoms with Gasteiger partial charge in [0.15, 0.2) is 0 Å². The zero-order chi connectivity index (χ0) is 19.7. The number of thiophene rings is 1. The highest BCUT2D eigenvalue weighted by molar-refractivity contribution is 7.14. The molecule has 3 heterocycles. The summed E-state index contributed by atoms with van der Waals surface area (Å²) in [6.07, 6.45) is 2.37. The number of hydrogen-bond acceptors (Lipinski definition) is 5. The van der Waals surface area contributed by atoms with Crippen LogP contribution in [-0.2, 0) is 17.8 Å². The second-order valence-electron chi connectivity index (χ2n) is 6.56. The van der Waals surface area contributed by atoms with Crippen molar-refractivity contribution in [1.82, 2.24) is 25.7 Å². The van der Waals surface area contributed by atoms with Gasteiger partial charge < -0.3 is 15.5 Å².